The third kappa shape index (κ3) is 4.89. The van der Waals surface area contributed by atoms with Gasteiger partial charge in [0.15, 0.2) is 0 Å². The first-order chi connectivity index (χ1) is 9.85. The molecular weight excluding hydrogens is 337 g/mol. The smallest absolute Gasteiger partial charge is 0.250 e. The molecule has 0 atom stereocenters. The van der Waals surface area contributed by atoms with Crippen LogP contribution in [0.1, 0.15) is 33.1 Å². The van der Waals surface area contributed by atoms with E-state index < -0.39 is 0 Å². The number of nitrogens with one attached hydrogen (secondary N) is 1. The molecule has 0 aliphatic carbocycles. The summed E-state index contributed by atoms with van der Waals surface area (Å²) in [5, 5.41) is 11.3. The SMILES string of the molecule is CC(C)(C)NCCCc1nnc(-c2cc(Br)ccc2F)o1. The molecule has 1 aromatic heterocycles. The zero-order valence-corrected chi connectivity index (χ0v) is 14.0. The van der Waals surface area contributed by atoms with E-state index in [0.717, 1.165) is 17.4 Å². The van der Waals surface area contributed by atoms with Crippen LogP contribution in [0.4, 0.5) is 4.39 Å². The van der Waals surface area contributed by atoms with Gasteiger partial charge in [-0.05, 0) is 51.9 Å². The molecule has 0 bridgehead atoms. The lowest BCUT2D eigenvalue weighted by Gasteiger charge is -2.19. The molecule has 21 heavy (non-hydrogen) atoms. The standard InChI is InChI=1S/C15H19BrFN3O/c1-15(2,3)18-8-4-5-13-19-20-14(21-13)11-9-10(16)6-7-12(11)17/h6-7,9,18H,4-5,8H2,1-3H3. The predicted molar refractivity (Wildman–Crippen MR) is 83.5 cm³/mol. The lowest BCUT2D eigenvalue weighted by molar-refractivity contribution is 0.412. The Morgan fingerprint density at radius 2 is 2.05 bits per heavy atom. The zero-order chi connectivity index (χ0) is 15.5. The second-order valence-corrected chi connectivity index (χ2v) is 6.82. The number of aromatic nitrogens is 2. The maximum atomic E-state index is 13.7. The molecule has 0 radical (unpaired) electrons. The van der Waals surface area contributed by atoms with Crippen LogP contribution in [0.25, 0.3) is 11.5 Å². The summed E-state index contributed by atoms with van der Waals surface area (Å²) >= 11 is 3.31. The molecule has 2 rings (SSSR count). The molecule has 1 heterocycles. The van der Waals surface area contributed by atoms with Crippen molar-refractivity contribution >= 4 is 15.9 Å². The van der Waals surface area contributed by atoms with Gasteiger partial charge in [-0.15, -0.1) is 10.2 Å². The minimum atomic E-state index is -0.372. The summed E-state index contributed by atoms with van der Waals surface area (Å²) < 4.78 is 20.0. The molecule has 0 saturated heterocycles. The van der Waals surface area contributed by atoms with Crippen LogP contribution in [-0.4, -0.2) is 22.3 Å². The van der Waals surface area contributed by atoms with Gasteiger partial charge in [-0.1, -0.05) is 15.9 Å². The Labute approximate surface area is 132 Å². The third-order valence-corrected chi connectivity index (χ3v) is 3.34. The number of hydrogen-bond acceptors (Lipinski definition) is 4. The first kappa shape index (κ1) is 16.1. The van der Waals surface area contributed by atoms with Crippen molar-refractivity contribution in [2.75, 3.05) is 6.54 Å². The zero-order valence-electron chi connectivity index (χ0n) is 12.4. The molecule has 6 heteroatoms. The van der Waals surface area contributed by atoms with Gasteiger partial charge < -0.3 is 9.73 Å². The van der Waals surface area contributed by atoms with Gasteiger partial charge in [0, 0.05) is 16.4 Å². The van der Waals surface area contributed by atoms with Crippen LogP contribution in [0.5, 0.6) is 0 Å². The van der Waals surface area contributed by atoms with Crippen molar-refractivity contribution in [2.24, 2.45) is 0 Å². The van der Waals surface area contributed by atoms with Crippen LogP contribution in [0, 0.1) is 5.82 Å². The fraction of sp³-hybridized carbons (Fsp3) is 0.467. The molecule has 0 fully saturated rings. The molecule has 0 saturated carbocycles. The van der Waals surface area contributed by atoms with E-state index in [9.17, 15) is 4.39 Å². The number of hydrogen-bond donors (Lipinski definition) is 1. The second-order valence-electron chi connectivity index (χ2n) is 5.91. The van der Waals surface area contributed by atoms with Crippen molar-refractivity contribution in [1.82, 2.24) is 15.5 Å². The van der Waals surface area contributed by atoms with Crippen LogP contribution in [0.15, 0.2) is 27.1 Å². The molecule has 2 aromatic rings. The van der Waals surface area contributed by atoms with E-state index >= 15 is 0 Å². The largest absolute Gasteiger partial charge is 0.421 e. The summed E-state index contributed by atoms with van der Waals surface area (Å²) in [7, 11) is 0. The minimum absolute atomic E-state index is 0.0967. The van der Waals surface area contributed by atoms with Crippen molar-refractivity contribution < 1.29 is 8.81 Å². The molecule has 4 nitrogen and oxygen atoms in total. The lowest BCUT2D eigenvalue weighted by Crippen LogP contribution is -2.36. The van der Waals surface area contributed by atoms with Crippen LogP contribution < -0.4 is 5.32 Å². The van der Waals surface area contributed by atoms with E-state index in [1.54, 1.807) is 12.1 Å². The van der Waals surface area contributed by atoms with Crippen LogP contribution in [0.3, 0.4) is 0 Å². The minimum Gasteiger partial charge on any atom is -0.421 e. The maximum Gasteiger partial charge on any atom is 0.250 e. The van der Waals surface area contributed by atoms with E-state index in [0.29, 0.717) is 17.9 Å². The van der Waals surface area contributed by atoms with Crippen molar-refractivity contribution in [3.05, 3.63) is 34.4 Å². The van der Waals surface area contributed by atoms with Crippen LogP contribution >= 0.6 is 15.9 Å². The second kappa shape index (κ2) is 6.66. The first-order valence-electron chi connectivity index (χ1n) is 6.88. The highest BCUT2D eigenvalue weighted by Gasteiger charge is 2.14. The Kier molecular flexibility index (Phi) is 5.11. The lowest BCUT2D eigenvalue weighted by atomic mass is 10.1. The van der Waals surface area contributed by atoms with Gasteiger partial charge in [0.1, 0.15) is 5.82 Å². The molecule has 0 unspecified atom stereocenters. The van der Waals surface area contributed by atoms with Gasteiger partial charge >= 0.3 is 0 Å². The summed E-state index contributed by atoms with van der Waals surface area (Å²) in [5.74, 6) is 0.371. The number of benzene rings is 1. The average Bonchev–Trinajstić information content (AvgIpc) is 2.85. The van der Waals surface area contributed by atoms with Gasteiger partial charge in [0.25, 0.3) is 5.89 Å². The van der Waals surface area contributed by atoms with Gasteiger partial charge in [0.05, 0.1) is 5.56 Å². The summed E-state index contributed by atoms with van der Waals surface area (Å²) in [4.78, 5) is 0. The third-order valence-electron chi connectivity index (χ3n) is 2.85. The highest BCUT2D eigenvalue weighted by Crippen LogP contribution is 2.25. The quantitative estimate of drug-likeness (QED) is 0.824. The number of halogens is 2. The van der Waals surface area contributed by atoms with E-state index in [2.05, 4.69) is 52.2 Å². The van der Waals surface area contributed by atoms with Crippen molar-refractivity contribution in [3.63, 3.8) is 0 Å². The molecule has 0 amide bonds. The maximum absolute atomic E-state index is 13.7. The molecule has 0 spiro atoms. The van der Waals surface area contributed by atoms with E-state index in [1.165, 1.54) is 6.07 Å². The summed E-state index contributed by atoms with van der Waals surface area (Å²) in [6.07, 6.45) is 1.56. The fourth-order valence-corrected chi connectivity index (χ4v) is 2.19. The van der Waals surface area contributed by atoms with Crippen LogP contribution in [0.2, 0.25) is 0 Å². The Morgan fingerprint density at radius 1 is 1.29 bits per heavy atom. The number of rotatable bonds is 5. The van der Waals surface area contributed by atoms with E-state index in [4.69, 9.17) is 4.42 Å². The van der Waals surface area contributed by atoms with Gasteiger partial charge in [-0.25, -0.2) is 4.39 Å². The monoisotopic (exact) mass is 355 g/mol. The van der Waals surface area contributed by atoms with Crippen molar-refractivity contribution in [1.29, 1.82) is 0 Å². The molecule has 0 aliphatic rings. The average molecular weight is 356 g/mol. The fourth-order valence-electron chi connectivity index (χ4n) is 1.83. The van der Waals surface area contributed by atoms with Crippen molar-refractivity contribution in [3.8, 4) is 11.5 Å². The van der Waals surface area contributed by atoms with Gasteiger partial charge in [0.2, 0.25) is 5.89 Å². The molecule has 1 aromatic carbocycles. The molecular formula is C15H19BrFN3O. The van der Waals surface area contributed by atoms with E-state index in [-0.39, 0.29) is 17.2 Å². The van der Waals surface area contributed by atoms with Crippen LogP contribution in [-0.2, 0) is 6.42 Å². The highest BCUT2D eigenvalue weighted by molar-refractivity contribution is 9.10. The Balaban J connectivity index is 1.97. The normalized spacial score (nSPS) is 11.9. The summed E-state index contributed by atoms with van der Waals surface area (Å²) in [6.45, 7) is 7.22. The highest BCUT2D eigenvalue weighted by atomic mass is 79.9. The molecule has 1 N–H and O–H groups in total. The van der Waals surface area contributed by atoms with Gasteiger partial charge in [-0.2, -0.15) is 0 Å². The molecule has 0 aliphatic heterocycles. The predicted octanol–water partition coefficient (Wildman–Crippen LogP) is 3.96. The number of nitrogens with zero attached hydrogens (tertiary/aromatic N) is 2. The number of aryl methyl sites for hydroxylation is 1. The first-order valence-corrected chi connectivity index (χ1v) is 7.67. The van der Waals surface area contributed by atoms with E-state index in [1.807, 2.05) is 0 Å². The summed E-state index contributed by atoms with van der Waals surface area (Å²) in [6, 6.07) is 4.64. The van der Waals surface area contributed by atoms with Gasteiger partial charge in [-0.3, -0.25) is 0 Å². The summed E-state index contributed by atoms with van der Waals surface area (Å²) in [5.41, 5.74) is 0.412. The van der Waals surface area contributed by atoms with Crippen molar-refractivity contribution in [2.45, 2.75) is 39.2 Å². The Hall–Kier alpha value is -1.27. The topological polar surface area (TPSA) is 51.0 Å². The Bertz CT molecular complexity index is 607. The molecule has 114 valence electrons. The Morgan fingerprint density at radius 3 is 2.76 bits per heavy atom.